The van der Waals surface area contributed by atoms with Crippen molar-refractivity contribution in [3.63, 3.8) is 0 Å². The first kappa shape index (κ1) is 44.4. The Kier molecular flexibility index (Phi) is 15.2. The van der Waals surface area contributed by atoms with Gasteiger partial charge in [-0.15, -0.1) is 0 Å². The molecule has 2 heterocycles. The first-order valence-electron chi connectivity index (χ1n) is 20.0. The second-order valence-corrected chi connectivity index (χ2v) is 22.8. The van der Waals surface area contributed by atoms with E-state index in [1.54, 1.807) is 17.3 Å². The smallest absolute Gasteiger partial charge is 0.407 e. The van der Waals surface area contributed by atoms with E-state index in [1.807, 2.05) is 101 Å². The Balaban J connectivity index is 1.76. The number of aromatic nitrogens is 1. The standard InChI is InChI=1S/C45H64N4O6Si/c1-31(2)40(42(52)49-26-22-37(50)23-27-49)48-41(51)36(28-33-16-18-34(19-17-33)35-20-24-46-25-21-35)30-39(55-56(9,10)45(6,7)8)38(29-32-14-12-11-13-15-32)47-43(53)54-44(3,4)5/h11-21,24-25,31,36,38-40H,22-23,26-30H2,1-10H3,(H,47,53)(H,48,51). The summed E-state index contributed by atoms with van der Waals surface area (Å²) in [6.45, 7) is 20.9. The number of pyridine rings is 1. The Morgan fingerprint density at radius 2 is 1.38 bits per heavy atom. The summed E-state index contributed by atoms with van der Waals surface area (Å²) in [5.74, 6) is -1.12. The van der Waals surface area contributed by atoms with E-state index in [4.69, 9.17) is 9.16 Å². The van der Waals surface area contributed by atoms with Crippen molar-refractivity contribution in [2.24, 2.45) is 11.8 Å². The van der Waals surface area contributed by atoms with Crippen LogP contribution in [0.15, 0.2) is 79.1 Å². The Morgan fingerprint density at radius 3 is 1.93 bits per heavy atom. The monoisotopic (exact) mass is 784 g/mol. The molecule has 0 aliphatic carbocycles. The maximum absolute atomic E-state index is 14.8. The van der Waals surface area contributed by atoms with Crippen LogP contribution in [-0.4, -0.2) is 78.8 Å². The molecule has 1 aromatic heterocycles. The van der Waals surface area contributed by atoms with E-state index in [9.17, 15) is 19.2 Å². The van der Waals surface area contributed by atoms with Crippen LogP contribution in [0.4, 0.5) is 4.79 Å². The van der Waals surface area contributed by atoms with Gasteiger partial charge >= 0.3 is 6.09 Å². The first-order valence-corrected chi connectivity index (χ1v) is 22.9. The number of rotatable bonds is 15. The second-order valence-electron chi connectivity index (χ2n) is 18.0. The fraction of sp³-hybridized carbons (Fsp3) is 0.533. The molecule has 3 aromatic rings. The van der Waals surface area contributed by atoms with Crippen molar-refractivity contribution in [3.05, 3.63) is 90.3 Å². The third kappa shape index (κ3) is 13.1. The number of ether oxygens (including phenoxy) is 1. The van der Waals surface area contributed by atoms with E-state index >= 15 is 0 Å². The zero-order valence-electron chi connectivity index (χ0n) is 35.2. The average Bonchev–Trinajstić information content (AvgIpc) is 3.12. The lowest BCUT2D eigenvalue weighted by Crippen LogP contribution is -2.56. The second kappa shape index (κ2) is 19.2. The van der Waals surface area contributed by atoms with Crippen molar-refractivity contribution in [1.82, 2.24) is 20.5 Å². The third-order valence-electron chi connectivity index (χ3n) is 10.9. The summed E-state index contributed by atoms with van der Waals surface area (Å²) < 4.78 is 13.0. The highest BCUT2D eigenvalue weighted by molar-refractivity contribution is 6.74. The Labute approximate surface area is 335 Å². The number of carbonyl (C=O) groups excluding carboxylic acids is 4. The number of carbonyl (C=O) groups is 4. The first-order chi connectivity index (χ1) is 26.2. The van der Waals surface area contributed by atoms with Gasteiger partial charge in [0.05, 0.1) is 12.1 Å². The van der Waals surface area contributed by atoms with Gasteiger partial charge in [0.1, 0.15) is 17.4 Å². The summed E-state index contributed by atoms with van der Waals surface area (Å²) in [5.41, 5.74) is 3.32. The molecule has 10 nitrogen and oxygen atoms in total. The molecule has 0 bridgehead atoms. The van der Waals surface area contributed by atoms with Crippen molar-refractivity contribution < 1.29 is 28.3 Å². The predicted octanol–water partition coefficient (Wildman–Crippen LogP) is 8.16. The number of alkyl carbamates (subject to hydrolysis) is 1. The van der Waals surface area contributed by atoms with Crippen LogP contribution in [-0.2, 0) is 36.4 Å². The normalized spacial score (nSPS) is 16.1. The average molecular weight is 785 g/mol. The molecular formula is C45H64N4O6Si. The molecule has 0 radical (unpaired) electrons. The number of hydrogen-bond donors (Lipinski definition) is 2. The summed E-state index contributed by atoms with van der Waals surface area (Å²) in [4.78, 5) is 60.1. The van der Waals surface area contributed by atoms with Crippen LogP contribution in [0.25, 0.3) is 11.1 Å². The number of hydrogen-bond acceptors (Lipinski definition) is 7. The summed E-state index contributed by atoms with van der Waals surface area (Å²) in [6.07, 6.45) is 4.13. The molecule has 1 aliphatic heterocycles. The van der Waals surface area contributed by atoms with Gasteiger partial charge in [0.2, 0.25) is 11.8 Å². The van der Waals surface area contributed by atoms with Crippen LogP contribution >= 0.6 is 0 Å². The van der Waals surface area contributed by atoms with Gasteiger partial charge in [0.15, 0.2) is 8.32 Å². The van der Waals surface area contributed by atoms with Crippen molar-refractivity contribution in [3.8, 4) is 11.1 Å². The van der Waals surface area contributed by atoms with Gasteiger partial charge in [-0.3, -0.25) is 19.4 Å². The maximum atomic E-state index is 14.8. The predicted molar refractivity (Wildman–Crippen MR) is 224 cm³/mol. The van der Waals surface area contributed by atoms with Crippen LogP contribution in [0, 0.1) is 11.8 Å². The number of likely N-dealkylation sites (tertiary alicyclic amines) is 1. The van der Waals surface area contributed by atoms with E-state index in [1.165, 1.54) is 0 Å². The molecule has 2 aromatic carbocycles. The maximum Gasteiger partial charge on any atom is 0.407 e. The van der Waals surface area contributed by atoms with Crippen molar-refractivity contribution >= 4 is 32.0 Å². The number of nitrogens with zero attached hydrogens (tertiary/aromatic N) is 2. The fourth-order valence-electron chi connectivity index (χ4n) is 6.64. The molecule has 4 atom stereocenters. The topological polar surface area (TPSA) is 127 Å². The number of benzene rings is 2. The molecule has 304 valence electrons. The van der Waals surface area contributed by atoms with Crippen molar-refractivity contribution in [2.75, 3.05) is 13.1 Å². The molecule has 1 fully saturated rings. The van der Waals surface area contributed by atoms with Crippen LogP contribution in [0.1, 0.15) is 85.8 Å². The van der Waals surface area contributed by atoms with E-state index in [0.29, 0.717) is 38.8 Å². The largest absolute Gasteiger partial charge is 0.444 e. The lowest BCUT2D eigenvalue weighted by Gasteiger charge is -2.42. The summed E-state index contributed by atoms with van der Waals surface area (Å²) >= 11 is 0. The molecule has 4 unspecified atom stereocenters. The van der Waals surface area contributed by atoms with Gasteiger partial charge in [0.25, 0.3) is 0 Å². The highest BCUT2D eigenvalue weighted by atomic mass is 28.4. The zero-order valence-corrected chi connectivity index (χ0v) is 36.2. The summed E-state index contributed by atoms with van der Waals surface area (Å²) in [6, 6.07) is 20.7. The SMILES string of the molecule is CC(C)C(NC(=O)C(Cc1ccc(-c2ccncc2)cc1)CC(O[Si](C)(C)C(C)(C)C)C(Cc1ccccc1)NC(=O)OC(C)(C)C)C(=O)N1CCC(=O)CC1. The molecule has 0 saturated carbocycles. The highest BCUT2D eigenvalue weighted by Crippen LogP contribution is 2.39. The minimum atomic E-state index is -2.50. The van der Waals surface area contributed by atoms with Crippen LogP contribution < -0.4 is 10.6 Å². The van der Waals surface area contributed by atoms with Gasteiger partial charge in [-0.1, -0.05) is 89.2 Å². The Bertz CT molecular complexity index is 1740. The zero-order chi connectivity index (χ0) is 41.3. The molecule has 1 aliphatic rings. The molecular weight excluding hydrogens is 721 g/mol. The van der Waals surface area contributed by atoms with E-state index in [0.717, 1.165) is 22.3 Å². The third-order valence-corrected chi connectivity index (χ3v) is 15.4. The van der Waals surface area contributed by atoms with Crippen LogP contribution in [0.5, 0.6) is 0 Å². The fourth-order valence-corrected chi connectivity index (χ4v) is 8.01. The quantitative estimate of drug-likeness (QED) is 0.149. The number of Topliss-reactive ketones (excluding diaryl/α,β-unsaturated/α-hetero) is 1. The van der Waals surface area contributed by atoms with Crippen molar-refractivity contribution in [1.29, 1.82) is 0 Å². The number of amides is 3. The lowest BCUT2D eigenvalue weighted by molar-refractivity contribution is -0.141. The summed E-state index contributed by atoms with van der Waals surface area (Å²) in [7, 11) is -2.50. The molecule has 56 heavy (non-hydrogen) atoms. The lowest BCUT2D eigenvalue weighted by atomic mass is 9.87. The van der Waals surface area contributed by atoms with E-state index in [2.05, 4.69) is 49.5 Å². The number of ketones is 1. The number of piperidine rings is 1. The van der Waals surface area contributed by atoms with Crippen LogP contribution in [0.3, 0.4) is 0 Å². The van der Waals surface area contributed by atoms with Crippen molar-refractivity contribution in [2.45, 2.75) is 129 Å². The van der Waals surface area contributed by atoms with Gasteiger partial charge < -0.3 is 24.7 Å². The molecule has 3 amide bonds. The van der Waals surface area contributed by atoms with E-state index < -0.39 is 44.1 Å². The van der Waals surface area contributed by atoms with E-state index in [-0.39, 0.29) is 35.0 Å². The molecule has 2 N–H and O–H groups in total. The minimum Gasteiger partial charge on any atom is -0.444 e. The molecule has 4 rings (SSSR count). The molecule has 1 saturated heterocycles. The molecule has 11 heteroatoms. The Hall–Kier alpha value is -4.35. The number of nitrogens with one attached hydrogen (secondary N) is 2. The molecule has 0 spiro atoms. The van der Waals surface area contributed by atoms with Crippen LogP contribution in [0.2, 0.25) is 18.1 Å². The van der Waals surface area contributed by atoms with Gasteiger partial charge in [-0.25, -0.2) is 4.79 Å². The Morgan fingerprint density at radius 1 is 0.804 bits per heavy atom. The van der Waals surface area contributed by atoms with Gasteiger partial charge in [-0.05, 0) is 98.5 Å². The highest BCUT2D eigenvalue weighted by Gasteiger charge is 2.43. The summed E-state index contributed by atoms with van der Waals surface area (Å²) in [5, 5.41) is 6.16. The van der Waals surface area contributed by atoms with Gasteiger partial charge in [-0.2, -0.15) is 0 Å². The minimum absolute atomic E-state index is 0.145. The van der Waals surface area contributed by atoms with Gasteiger partial charge in [0, 0.05) is 44.2 Å².